The van der Waals surface area contributed by atoms with Crippen LogP contribution in [0.1, 0.15) is 11.7 Å². The van der Waals surface area contributed by atoms with Crippen LogP contribution in [0, 0.1) is 5.82 Å². The van der Waals surface area contributed by atoms with Gasteiger partial charge in [0, 0.05) is 10.6 Å². The molecule has 4 nitrogen and oxygen atoms in total. The van der Waals surface area contributed by atoms with Crippen molar-refractivity contribution in [2.45, 2.75) is 12.2 Å². The van der Waals surface area contributed by atoms with Crippen molar-refractivity contribution in [2.75, 3.05) is 7.11 Å². The Morgan fingerprint density at radius 1 is 1.35 bits per heavy atom. The number of esters is 1. The number of aliphatic hydroxyl groups excluding tert-OH is 2. The van der Waals surface area contributed by atoms with Crippen molar-refractivity contribution in [3.63, 3.8) is 0 Å². The summed E-state index contributed by atoms with van der Waals surface area (Å²) in [7, 11) is 1.04. The van der Waals surface area contributed by atoms with Gasteiger partial charge in [-0.3, -0.25) is 0 Å². The predicted molar refractivity (Wildman–Crippen MR) is 59.4 cm³/mol. The number of rotatable bonds is 3. The van der Waals surface area contributed by atoms with Crippen LogP contribution in [0.4, 0.5) is 4.39 Å². The minimum absolute atomic E-state index is 0.0631. The number of methoxy groups -OCH3 is 1. The summed E-state index contributed by atoms with van der Waals surface area (Å²) < 4.78 is 17.4. The van der Waals surface area contributed by atoms with E-state index in [1.54, 1.807) is 0 Å². The molecule has 1 aromatic rings. The summed E-state index contributed by atoms with van der Waals surface area (Å²) in [6.07, 6.45) is -3.54. The van der Waals surface area contributed by atoms with E-state index >= 15 is 0 Å². The normalized spacial score (nSPS) is 14.2. The van der Waals surface area contributed by atoms with Gasteiger partial charge in [-0.15, -0.1) is 0 Å². The van der Waals surface area contributed by atoms with Crippen molar-refractivity contribution in [1.82, 2.24) is 0 Å². The molecular formula is C10H9Cl2FO4. The lowest BCUT2D eigenvalue weighted by Crippen LogP contribution is -2.29. The molecule has 0 fully saturated rings. The summed E-state index contributed by atoms with van der Waals surface area (Å²) in [5, 5.41) is 18.7. The SMILES string of the molecule is COC(=O)C(O)C(O)c1cc(F)c(Cl)cc1Cl. The Kier molecular flexibility index (Phi) is 4.70. The second-order valence-electron chi connectivity index (χ2n) is 3.20. The van der Waals surface area contributed by atoms with E-state index in [0.29, 0.717) is 0 Å². The maximum Gasteiger partial charge on any atom is 0.337 e. The third-order valence-corrected chi connectivity index (χ3v) is 2.72. The van der Waals surface area contributed by atoms with Gasteiger partial charge in [0.15, 0.2) is 6.10 Å². The topological polar surface area (TPSA) is 66.8 Å². The van der Waals surface area contributed by atoms with Crippen LogP contribution < -0.4 is 0 Å². The molecule has 1 rings (SSSR count). The lowest BCUT2D eigenvalue weighted by molar-refractivity contribution is -0.156. The predicted octanol–water partition coefficient (Wildman–Crippen LogP) is 1.70. The molecule has 0 aliphatic rings. The maximum atomic E-state index is 13.2. The van der Waals surface area contributed by atoms with Crippen LogP contribution in [-0.2, 0) is 9.53 Å². The van der Waals surface area contributed by atoms with Crippen molar-refractivity contribution >= 4 is 29.2 Å². The number of halogens is 3. The monoisotopic (exact) mass is 282 g/mol. The molecular weight excluding hydrogens is 274 g/mol. The maximum absolute atomic E-state index is 13.2. The first kappa shape index (κ1) is 14.2. The highest BCUT2D eigenvalue weighted by molar-refractivity contribution is 6.35. The van der Waals surface area contributed by atoms with Crippen LogP contribution in [0.25, 0.3) is 0 Å². The first-order valence-electron chi connectivity index (χ1n) is 4.47. The van der Waals surface area contributed by atoms with E-state index in [1.165, 1.54) is 0 Å². The Balaban J connectivity index is 3.08. The van der Waals surface area contributed by atoms with Gasteiger partial charge >= 0.3 is 5.97 Å². The molecule has 0 aromatic heterocycles. The lowest BCUT2D eigenvalue weighted by Gasteiger charge is -2.17. The van der Waals surface area contributed by atoms with Gasteiger partial charge in [0.2, 0.25) is 0 Å². The number of benzene rings is 1. The second-order valence-corrected chi connectivity index (χ2v) is 4.02. The molecule has 0 saturated carbocycles. The molecule has 0 aliphatic carbocycles. The largest absolute Gasteiger partial charge is 0.467 e. The third-order valence-electron chi connectivity index (χ3n) is 2.10. The number of hydrogen-bond acceptors (Lipinski definition) is 4. The number of ether oxygens (including phenoxy) is 1. The number of carbonyl (C=O) groups is 1. The van der Waals surface area contributed by atoms with Gasteiger partial charge in [-0.2, -0.15) is 0 Å². The molecule has 1 aromatic carbocycles. The van der Waals surface area contributed by atoms with Crippen molar-refractivity contribution in [3.8, 4) is 0 Å². The molecule has 2 unspecified atom stereocenters. The van der Waals surface area contributed by atoms with Crippen LogP contribution in [0.15, 0.2) is 12.1 Å². The van der Waals surface area contributed by atoms with Crippen LogP contribution in [0.5, 0.6) is 0 Å². The van der Waals surface area contributed by atoms with Crippen molar-refractivity contribution in [3.05, 3.63) is 33.6 Å². The lowest BCUT2D eigenvalue weighted by atomic mass is 10.0. The van der Waals surface area contributed by atoms with Crippen LogP contribution in [0.2, 0.25) is 10.0 Å². The zero-order chi connectivity index (χ0) is 13.2. The van der Waals surface area contributed by atoms with Gasteiger partial charge in [0.25, 0.3) is 0 Å². The van der Waals surface area contributed by atoms with E-state index in [4.69, 9.17) is 23.2 Å². The minimum Gasteiger partial charge on any atom is -0.467 e. The fourth-order valence-corrected chi connectivity index (χ4v) is 1.68. The van der Waals surface area contributed by atoms with E-state index in [0.717, 1.165) is 19.2 Å². The minimum atomic E-state index is -1.85. The van der Waals surface area contributed by atoms with Crippen LogP contribution in [0.3, 0.4) is 0 Å². The Bertz CT molecular complexity index is 439. The molecule has 0 amide bonds. The van der Waals surface area contributed by atoms with Gasteiger partial charge in [-0.25, -0.2) is 9.18 Å². The Hall–Kier alpha value is -0.880. The van der Waals surface area contributed by atoms with Crippen molar-refractivity contribution in [1.29, 1.82) is 0 Å². The molecule has 0 aliphatic heterocycles. The Morgan fingerprint density at radius 2 is 1.94 bits per heavy atom. The molecule has 0 heterocycles. The molecule has 0 bridgehead atoms. The zero-order valence-corrected chi connectivity index (χ0v) is 10.2. The van der Waals surface area contributed by atoms with Crippen molar-refractivity contribution < 1.29 is 24.1 Å². The molecule has 94 valence electrons. The molecule has 17 heavy (non-hydrogen) atoms. The summed E-state index contributed by atoms with van der Waals surface area (Å²) in [5.74, 6) is -1.87. The molecule has 0 spiro atoms. The molecule has 0 radical (unpaired) electrons. The summed E-state index contributed by atoms with van der Waals surface area (Å²) in [6.45, 7) is 0. The summed E-state index contributed by atoms with van der Waals surface area (Å²) in [6, 6.07) is 1.92. The second kappa shape index (κ2) is 5.64. The average molecular weight is 283 g/mol. The molecule has 0 saturated heterocycles. The molecule has 2 N–H and O–H groups in total. The standard InChI is InChI=1S/C10H9Cl2FO4/c1-17-10(16)9(15)8(14)4-2-7(13)6(12)3-5(4)11/h2-3,8-9,14-15H,1H3. The van der Waals surface area contributed by atoms with E-state index in [2.05, 4.69) is 4.74 Å². The highest BCUT2D eigenvalue weighted by Gasteiger charge is 2.28. The summed E-state index contributed by atoms with van der Waals surface area (Å²) in [4.78, 5) is 11.0. The van der Waals surface area contributed by atoms with Gasteiger partial charge in [-0.1, -0.05) is 23.2 Å². The Morgan fingerprint density at radius 3 is 2.47 bits per heavy atom. The highest BCUT2D eigenvalue weighted by Crippen LogP contribution is 2.30. The van der Waals surface area contributed by atoms with Gasteiger partial charge in [0.05, 0.1) is 12.1 Å². The highest BCUT2D eigenvalue weighted by atomic mass is 35.5. The van der Waals surface area contributed by atoms with E-state index in [1.807, 2.05) is 0 Å². The fourth-order valence-electron chi connectivity index (χ4n) is 1.18. The first-order valence-corrected chi connectivity index (χ1v) is 5.22. The zero-order valence-electron chi connectivity index (χ0n) is 8.65. The molecule has 2 atom stereocenters. The van der Waals surface area contributed by atoms with E-state index < -0.39 is 24.0 Å². The van der Waals surface area contributed by atoms with Crippen molar-refractivity contribution in [2.24, 2.45) is 0 Å². The van der Waals surface area contributed by atoms with Gasteiger partial charge in [-0.05, 0) is 12.1 Å². The number of hydrogen-bond donors (Lipinski definition) is 2. The number of carbonyl (C=O) groups excluding carboxylic acids is 1. The molecule has 7 heteroatoms. The first-order chi connectivity index (χ1) is 7.88. The fraction of sp³-hybridized carbons (Fsp3) is 0.300. The smallest absolute Gasteiger partial charge is 0.337 e. The summed E-state index contributed by atoms with van der Waals surface area (Å²) in [5.41, 5.74) is -0.147. The number of aliphatic hydroxyl groups is 2. The summed E-state index contributed by atoms with van der Waals surface area (Å²) >= 11 is 11.2. The van der Waals surface area contributed by atoms with Gasteiger partial charge in [0.1, 0.15) is 11.9 Å². The Labute approximate surface area is 107 Å². The van der Waals surface area contributed by atoms with Crippen LogP contribution >= 0.6 is 23.2 Å². The average Bonchev–Trinajstić information content (AvgIpc) is 2.31. The quantitative estimate of drug-likeness (QED) is 0.654. The van der Waals surface area contributed by atoms with E-state index in [-0.39, 0.29) is 15.6 Å². The van der Waals surface area contributed by atoms with Gasteiger partial charge < -0.3 is 14.9 Å². The van der Waals surface area contributed by atoms with E-state index in [9.17, 15) is 19.4 Å². The van der Waals surface area contributed by atoms with Crippen LogP contribution in [-0.4, -0.2) is 29.4 Å². The third kappa shape index (κ3) is 3.07.